The third-order valence-electron chi connectivity index (χ3n) is 5.11. The summed E-state index contributed by atoms with van der Waals surface area (Å²) < 4.78 is 24.6. The standard InChI is InChI=1S/C16H22N2O3S/c1-12-3-5-13(6-4-12)22(20,21)18-17-14-11-16(19)9-7-15(14,2)8-10-16/h3-6,18-19H,7-11H2,1-2H3/b17-14+. The second-order valence-corrected chi connectivity index (χ2v) is 8.59. The number of aryl methyl sites for hydroxylation is 1. The van der Waals surface area contributed by atoms with Gasteiger partial charge < -0.3 is 5.11 Å². The van der Waals surface area contributed by atoms with E-state index < -0.39 is 15.6 Å². The van der Waals surface area contributed by atoms with E-state index in [9.17, 15) is 13.5 Å². The summed E-state index contributed by atoms with van der Waals surface area (Å²) in [5.74, 6) is 0. The Labute approximate surface area is 131 Å². The number of aliphatic hydroxyl groups is 1. The van der Waals surface area contributed by atoms with Crippen molar-refractivity contribution in [3.8, 4) is 0 Å². The van der Waals surface area contributed by atoms with E-state index in [0.29, 0.717) is 6.42 Å². The summed E-state index contributed by atoms with van der Waals surface area (Å²) in [4.78, 5) is 2.54. The SMILES string of the molecule is Cc1ccc(S(=O)(=O)N/N=C2\CC3(O)CCC2(C)CC3)cc1. The third kappa shape index (κ3) is 2.77. The molecule has 3 fully saturated rings. The van der Waals surface area contributed by atoms with Crippen molar-refractivity contribution >= 4 is 15.7 Å². The highest BCUT2D eigenvalue weighted by molar-refractivity contribution is 7.89. The number of sulfonamides is 1. The van der Waals surface area contributed by atoms with Crippen molar-refractivity contribution in [1.82, 2.24) is 4.83 Å². The summed E-state index contributed by atoms with van der Waals surface area (Å²) in [6.07, 6.45) is 3.71. The number of benzene rings is 1. The number of nitrogens with one attached hydrogen (secondary N) is 1. The van der Waals surface area contributed by atoms with E-state index in [-0.39, 0.29) is 10.3 Å². The second kappa shape index (κ2) is 5.06. The minimum absolute atomic E-state index is 0.0969. The van der Waals surface area contributed by atoms with Crippen LogP contribution in [-0.4, -0.2) is 24.8 Å². The average Bonchev–Trinajstić information content (AvgIpc) is 2.47. The van der Waals surface area contributed by atoms with Gasteiger partial charge in [-0.3, -0.25) is 0 Å². The van der Waals surface area contributed by atoms with Crippen LogP contribution in [0, 0.1) is 12.3 Å². The topological polar surface area (TPSA) is 78.8 Å². The summed E-state index contributed by atoms with van der Waals surface area (Å²) in [5.41, 5.74) is 0.972. The first-order chi connectivity index (χ1) is 10.2. The molecule has 0 amide bonds. The molecule has 0 atom stereocenters. The van der Waals surface area contributed by atoms with Crippen LogP contribution in [-0.2, 0) is 10.0 Å². The predicted octanol–water partition coefficient (Wildman–Crippen LogP) is 2.34. The Morgan fingerprint density at radius 1 is 1.14 bits per heavy atom. The van der Waals surface area contributed by atoms with Crippen LogP contribution in [0.15, 0.2) is 34.3 Å². The second-order valence-electron chi connectivity index (χ2n) is 6.93. The summed E-state index contributed by atoms with van der Waals surface area (Å²) in [6, 6.07) is 6.66. The molecule has 3 saturated carbocycles. The van der Waals surface area contributed by atoms with Crippen molar-refractivity contribution in [3.63, 3.8) is 0 Å². The first-order valence-corrected chi connectivity index (χ1v) is 9.09. The molecule has 0 unspecified atom stereocenters. The summed E-state index contributed by atoms with van der Waals surface area (Å²) >= 11 is 0. The molecule has 0 radical (unpaired) electrons. The molecule has 2 bridgehead atoms. The van der Waals surface area contributed by atoms with Crippen molar-refractivity contribution in [3.05, 3.63) is 29.8 Å². The van der Waals surface area contributed by atoms with Crippen molar-refractivity contribution in [2.24, 2.45) is 10.5 Å². The summed E-state index contributed by atoms with van der Waals surface area (Å²) in [7, 11) is -3.66. The molecular formula is C16H22N2O3S. The van der Waals surface area contributed by atoms with Crippen LogP contribution in [0.4, 0.5) is 0 Å². The minimum atomic E-state index is -3.66. The molecule has 2 N–H and O–H groups in total. The largest absolute Gasteiger partial charge is 0.389 e. The number of nitrogens with zero attached hydrogens (tertiary/aromatic N) is 1. The van der Waals surface area contributed by atoms with Gasteiger partial charge in [-0.1, -0.05) is 24.6 Å². The van der Waals surface area contributed by atoms with Crippen molar-refractivity contribution in [2.75, 3.05) is 0 Å². The highest BCUT2D eigenvalue weighted by atomic mass is 32.2. The molecule has 5 nitrogen and oxygen atoms in total. The first kappa shape index (κ1) is 15.5. The summed E-state index contributed by atoms with van der Waals surface area (Å²) in [6.45, 7) is 4.01. The van der Waals surface area contributed by atoms with Gasteiger partial charge in [0.25, 0.3) is 10.0 Å². The van der Waals surface area contributed by atoms with Crippen LogP contribution < -0.4 is 4.83 Å². The van der Waals surface area contributed by atoms with Gasteiger partial charge in [-0.25, -0.2) is 4.83 Å². The smallest absolute Gasteiger partial charge is 0.276 e. The lowest BCUT2D eigenvalue weighted by atomic mass is 9.58. The van der Waals surface area contributed by atoms with Gasteiger partial charge in [0.05, 0.1) is 10.5 Å². The Kier molecular flexibility index (Phi) is 3.57. The molecule has 120 valence electrons. The zero-order chi connectivity index (χ0) is 16.0. The van der Waals surface area contributed by atoms with Crippen LogP contribution >= 0.6 is 0 Å². The van der Waals surface area contributed by atoms with Gasteiger partial charge in [-0.05, 0) is 44.7 Å². The zero-order valence-electron chi connectivity index (χ0n) is 13.0. The van der Waals surface area contributed by atoms with Crippen molar-refractivity contribution in [2.45, 2.75) is 56.4 Å². The first-order valence-electron chi connectivity index (χ1n) is 7.61. The number of rotatable bonds is 3. The normalized spacial score (nSPS) is 33.1. The molecule has 1 aromatic rings. The molecule has 22 heavy (non-hydrogen) atoms. The molecule has 0 aromatic heterocycles. The molecule has 0 heterocycles. The van der Waals surface area contributed by atoms with Gasteiger partial charge in [-0.2, -0.15) is 13.5 Å². The summed E-state index contributed by atoms with van der Waals surface area (Å²) in [5, 5.41) is 14.6. The third-order valence-corrected chi connectivity index (χ3v) is 6.33. The van der Waals surface area contributed by atoms with E-state index in [1.165, 1.54) is 0 Å². The maximum Gasteiger partial charge on any atom is 0.276 e. The highest BCUT2D eigenvalue weighted by Gasteiger charge is 2.49. The maximum absolute atomic E-state index is 12.3. The number of hydrazone groups is 1. The Morgan fingerprint density at radius 2 is 1.73 bits per heavy atom. The van der Waals surface area contributed by atoms with Crippen molar-refractivity contribution < 1.29 is 13.5 Å². The van der Waals surface area contributed by atoms with Gasteiger partial charge in [-0.15, -0.1) is 0 Å². The lowest BCUT2D eigenvalue weighted by Crippen LogP contribution is -2.51. The molecule has 3 aliphatic carbocycles. The fraction of sp³-hybridized carbons (Fsp3) is 0.562. The molecule has 1 aromatic carbocycles. The molecule has 4 rings (SSSR count). The van der Waals surface area contributed by atoms with E-state index >= 15 is 0 Å². The van der Waals surface area contributed by atoms with E-state index in [1.807, 2.05) is 6.92 Å². The van der Waals surface area contributed by atoms with Gasteiger partial charge in [0.15, 0.2) is 0 Å². The van der Waals surface area contributed by atoms with Crippen LogP contribution in [0.5, 0.6) is 0 Å². The lowest BCUT2D eigenvalue weighted by molar-refractivity contribution is -0.0310. The molecule has 6 heteroatoms. The van der Waals surface area contributed by atoms with Crippen LogP contribution in [0.2, 0.25) is 0 Å². The Morgan fingerprint density at radius 3 is 2.32 bits per heavy atom. The number of hydrogen-bond acceptors (Lipinski definition) is 4. The average molecular weight is 322 g/mol. The van der Waals surface area contributed by atoms with Gasteiger partial charge in [0.1, 0.15) is 0 Å². The Hall–Kier alpha value is -1.40. The molecule has 0 aliphatic heterocycles. The fourth-order valence-electron chi connectivity index (χ4n) is 3.32. The lowest BCUT2D eigenvalue weighted by Gasteiger charge is -2.49. The van der Waals surface area contributed by atoms with Gasteiger partial charge >= 0.3 is 0 Å². The molecule has 3 aliphatic rings. The van der Waals surface area contributed by atoms with Gasteiger partial charge in [0, 0.05) is 17.5 Å². The molecule has 0 spiro atoms. The van der Waals surface area contributed by atoms with Crippen LogP contribution in [0.1, 0.15) is 44.6 Å². The predicted molar refractivity (Wildman–Crippen MR) is 85.1 cm³/mol. The van der Waals surface area contributed by atoms with Crippen LogP contribution in [0.25, 0.3) is 0 Å². The van der Waals surface area contributed by atoms with E-state index in [1.54, 1.807) is 24.3 Å². The Bertz CT molecular complexity index is 699. The van der Waals surface area contributed by atoms with Crippen molar-refractivity contribution in [1.29, 1.82) is 0 Å². The van der Waals surface area contributed by atoms with E-state index in [4.69, 9.17) is 0 Å². The van der Waals surface area contributed by atoms with Gasteiger partial charge in [0.2, 0.25) is 0 Å². The zero-order valence-corrected chi connectivity index (χ0v) is 13.8. The number of hydrogen-bond donors (Lipinski definition) is 2. The van der Waals surface area contributed by atoms with E-state index in [0.717, 1.165) is 37.0 Å². The quantitative estimate of drug-likeness (QED) is 0.838. The number of fused-ring (bicyclic) bond motifs is 3. The van der Waals surface area contributed by atoms with E-state index in [2.05, 4.69) is 16.9 Å². The monoisotopic (exact) mass is 322 g/mol. The van der Waals surface area contributed by atoms with Crippen LogP contribution in [0.3, 0.4) is 0 Å². The maximum atomic E-state index is 12.3. The Balaban J connectivity index is 1.83. The minimum Gasteiger partial charge on any atom is -0.389 e. The fourth-order valence-corrected chi connectivity index (χ4v) is 4.15. The molecular weight excluding hydrogens is 300 g/mol. The highest BCUT2D eigenvalue weighted by Crippen LogP contribution is 2.50. The molecule has 0 saturated heterocycles.